The number of pyridine rings is 1. The lowest BCUT2D eigenvalue weighted by atomic mass is 10.2. The Morgan fingerprint density at radius 1 is 1.40 bits per heavy atom. The Labute approximate surface area is 117 Å². The molecule has 0 aliphatic carbocycles. The third-order valence-electron chi connectivity index (χ3n) is 3.69. The molecule has 0 bridgehead atoms. The van der Waals surface area contributed by atoms with Crippen molar-refractivity contribution < 1.29 is 8.78 Å². The molecule has 2 heterocycles. The highest BCUT2D eigenvalue weighted by Crippen LogP contribution is 2.26. The van der Waals surface area contributed by atoms with Crippen LogP contribution in [0.3, 0.4) is 0 Å². The number of nitrogens with zero attached hydrogens (tertiary/aromatic N) is 3. The SMILES string of the molecule is CCC1CN(C)CCCN1c1nc(NN)c(F)cc1F. The molecule has 112 valence electrons. The Kier molecular flexibility index (Phi) is 4.72. The third-order valence-corrected chi connectivity index (χ3v) is 3.69. The summed E-state index contributed by atoms with van der Waals surface area (Å²) in [6, 6.07) is 0.986. The van der Waals surface area contributed by atoms with E-state index in [2.05, 4.69) is 22.2 Å². The second-order valence-electron chi connectivity index (χ2n) is 5.14. The molecule has 1 unspecified atom stereocenters. The van der Waals surface area contributed by atoms with Crippen molar-refractivity contribution in [1.82, 2.24) is 9.88 Å². The lowest BCUT2D eigenvalue weighted by Crippen LogP contribution is -2.41. The molecule has 5 nitrogen and oxygen atoms in total. The predicted octanol–water partition coefficient (Wildman–Crippen LogP) is 1.57. The van der Waals surface area contributed by atoms with Crippen LogP contribution < -0.4 is 16.2 Å². The Morgan fingerprint density at radius 2 is 2.15 bits per heavy atom. The van der Waals surface area contributed by atoms with Crippen molar-refractivity contribution in [1.29, 1.82) is 0 Å². The van der Waals surface area contributed by atoms with Crippen LogP contribution in [0.2, 0.25) is 0 Å². The van der Waals surface area contributed by atoms with Gasteiger partial charge in [-0.3, -0.25) is 0 Å². The van der Waals surface area contributed by atoms with Crippen LogP contribution in [0.25, 0.3) is 0 Å². The molecule has 1 atom stereocenters. The van der Waals surface area contributed by atoms with E-state index in [1.54, 1.807) is 0 Å². The quantitative estimate of drug-likeness (QED) is 0.652. The van der Waals surface area contributed by atoms with Crippen LogP contribution in [-0.2, 0) is 0 Å². The maximum atomic E-state index is 14.1. The number of anilines is 2. The molecule has 1 aliphatic rings. The van der Waals surface area contributed by atoms with E-state index in [1.807, 2.05) is 11.9 Å². The average molecular weight is 285 g/mol. The van der Waals surface area contributed by atoms with Crippen molar-refractivity contribution in [2.24, 2.45) is 5.84 Å². The Bertz CT molecular complexity index is 468. The zero-order valence-corrected chi connectivity index (χ0v) is 11.9. The Hall–Kier alpha value is -1.47. The molecule has 7 heteroatoms. The van der Waals surface area contributed by atoms with Crippen LogP contribution >= 0.6 is 0 Å². The minimum atomic E-state index is -0.784. The highest BCUT2D eigenvalue weighted by molar-refractivity contribution is 5.49. The largest absolute Gasteiger partial charge is 0.350 e. The van der Waals surface area contributed by atoms with E-state index >= 15 is 0 Å². The molecule has 0 radical (unpaired) electrons. The zero-order valence-electron chi connectivity index (χ0n) is 11.9. The Morgan fingerprint density at radius 3 is 2.80 bits per heavy atom. The van der Waals surface area contributed by atoms with Crippen LogP contribution in [0.4, 0.5) is 20.4 Å². The first-order valence-corrected chi connectivity index (χ1v) is 6.84. The fourth-order valence-corrected chi connectivity index (χ4v) is 2.63. The molecule has 0 saturated carbocycles. The van der Waals surface area contributed by atoms with E-state index in [-0.39, 0.29) is 17.7 Å². The lowest BCUT2D eigenvalue weighted by Gasteiger charge is -2.31. The number of hydrogen-bond donors (Lipinski definition) is 2. The second kappa shape index (κ2) is 6.32. The van der Waals surface area contributed by atoms with Gasteiger partial charge in [-0.2, -0.15) is 0 Å². The van der Waals surface area contributed by atoms with Gasteiger partial charge in [-0.1, -0.05) is 6.92 Å². The first kappa shape index (κ1) is 14.9. The van der Waals surface area contributed by atoms with E-state index < -0.39 is 11.6 Å². The number of hydrogen-bond acceptors (Lipinski definition) is 5. The second-order valence-corrected chi connectivity index (χ2v) is 5.14. The summed E-state index contributed by atoms with van der Waals surface area (Å²) >= 11 is 0. The topological polar surface area (TPSA) is 57.4 Å². The monoisotopic (exact) mass is 285 g/mol. The molecular weight excluding hydrogens is 264 g/mol. The molecule has 20 heavy (non-hydrogen) atoms. The summed E-state index contributed by atoms with van der Waals surface area (Å²) < 4.78 is 27.5. The summed E-state index contributed by atoms with van der Waals surface area (Å²) in [4.78, 5) is 8.14. The molecule has 1 aromatic heterocycles. The summed E-state index contributed by atoms with van der Waals surface area (Å²) in [6.07, 6.45) is 1.78. The third kappa shape index (κ3) is 2.99. The normalized spacial score (nSPS) is 20.9. The smallest absolute Gasteiger partial charge is 0.178 e. The molecule has 1 aromatic rings. The highest BCUT2D eigenvalue weighted by Gasteiger charge is 2.26. The molecule has 1 fully saturated rings. The van der Waals surface area contributed by atoms with Crippen LogP contribution in [0, 0.1) is 11.6 Å². The average Bonchev–Trinajstić information content (AvgIpc) is 2.60. The molecule has 0 amide bonds. The van der Waals surface area contributed by atoms with Gasteiger partial charge in [-0.05, 0) is 26.4 Å². The summed E-state index contributed by atoms with van der Waals surface area (Å²) in [7, 11) is 2.05. The van der Waals surface area contributed by atoms with Gasteiger partial charge in [0.2, 0.25) is 0 Å². The van der Waals surface area contributed by atoms with Crippen molar-refractivity contribution in [3.63, 3.8) is 0 Å². The van der Waals surface area contributed by atoms with Crippen molar-refractivity contribution in [2.45, 2.75) is 25.8 Å². The molecular formula is C13H21F2N5. The summed E-state index contributed by atoms with van der Waals surface area (Å²) in [5, 5.41) is 0. The van der Waals surface area contributed by atoms with Gasteiger partial charge in [0.25, 0.3) is 0 Å². The maximum Gasteiger partial charge on any atom is 0.178 e. The number of likely N-dealkylation sites (N-methyl/N-ethyl adjacent to an activating group) is 1. The minimum Gasteiger partial charge on any atom is -0.350 e. The molecule has 0 spiro atoms. The van der Waals surface area contributed by atoms with Crippen LogP contribution in [-0.4, -0.2) is 42.6 Å². The molecule has 1 saturated heterocycles. The number of hydrazine groups is 1. The van der Waals surface area contributed by atoms with Crippen LogP contribution in [0.5, 0.6) is 0 Å². The predicted molar refractivity (Wildman–Crippen MR) is 75.5 cm³/mol. The van der Waals surface area contributed by atoms with E-state index in [0.717, 1.165) is 32.0 Å². The van der Waals surface area contributed by atoms with Crippen LogP contribution in [0.1, 0.15) is 19.8 Å². The van der Waals surface area contributed by atoms with E-state index in [0.29, 0.717) is 6.54 Å². The first-order valence-electron chi connectivity index (χ1n) is 6.84. The molecule has 1 aliphatic heterocycles. The highest BCUT2D eigenvalue weighted by atomic mass is 19.1. The zero-order chi connectivity index (χ0) is 14.7. The molecule has 2 rings (SSSR count). The lowest BCUT2D eigenvalue weighted by molar-refractivity contribution is 0.327. The number of rotatable bonds is 3. The van der Waals surface area contributed by atoms with E-state index in [4.69, 9.17) is 5.84 Å². The van der Waals surface area contributed by atoms with Gasteiger partial charge in [-0.25, -0.2) is 19.6 Å². The van der Waals surface area contributed by atoms with E-state index in [9.17, 15) is 8.78 Å². The van der Waals surface area contributed by atoms with E-state index in [1.165, 1.54) is 0 Å². The van der Waals surface area contributed by atoms with Gasteiger partial charge in [0.05, 0.1) is 0 Å². The van der Waals surface area contributed by atoms with Gasteiger partial charge < -0.3 is 15.2 Å². The van der Waals surface area contributed by atoms with Gasteiger partial charge >= 0.3 is 0 Å². The number of nitrogens with one attached hydrogen (secondary N) is 1. The summed E-state index contributed by atoms with van der Waals surface area (Å²) in [5.41, 5.74) is 2.17. The minimum absolute atomic E-state index is 0.131. The van der Waals surface area contributed by atoms with Crippen molar-refractivity contribution in [3.05, 3.63) is 17.7 Å². The summed E-state index contributed by atoms with van der Waals surface area (Å²) in [5.74, 6) is 3.82. The summed E-state index contributed by atoms with van der Waals surface area (Å²) in [6.45, 7) is 4.54. The van der Waals surface area contributed by atoms with Crippen molar-refractivity contribution >= 4 is 11.6 Å². The van der Waals surface area contributed by atoms with Gasteiger partial charge in [0.1, 0.15) is 0 Å². The maximum absolute atomic E-state index is 14.1. The fourth-order valence-electron chi connectivity index (χ4n) is 2.63. The molecule has 0 aromatic carbocycles. The van der Waals surface area contributed by atoms with Gasteiger partial charge in [0.15, 0.2) is 23.3 Å². The fraction of sp³-hybridized carbons (Fsp3) is 0.615. The number of nitrogen functional groups attached to an aromatic ring is 1. The number of halogens is 2. The standard InChI is InChI=1S/C13H21F2N5/c1-3-9-8-19(2)5-4-6-20(9)13-11(15)7-10(14)12(17-13)18-16/h7,9H,3-6,8,16H2,1-2H3,(H,17,18). The number of aromatic nitrogens is 1. The van der Waals surface area contributed by atoms with Gasteiger partial charge in [0, 0.05) is 25.2 Å². The van der Waals surface area contributed by atoms with Crippen molar-refractivity contribution in [2.75, 3.05) is 37.0 Å². The van der Waals surface area contributed by atoms with Crippen LogP contribution in [0.15, 0.2) is 6.07 Å². The molecule has 3 N–H and O–H groups in total. The van der Waals surface area contributed by atoms with Gasteiger partial charge in [-0.15, -0.1) is 0 Å². The Balaban J connectivity index is 2.37. The first-order chi connectivity index (χ1) is 9.56. The van der Waals surface area contributed by atoms with Crippen molar-refractivity contribution in [3.8, 4) is 0 Å². The number of nitrogens with two attached hydrogens (primary N) is 1.